The summed E-state index contributed by atoms with van der Waals surface area (Å²) in [5.74, 6) is 0. The van der Waals surface area contributed by atoms with Gasteiger partial charge in [0.15, 0.2) is 9.84 Å². The molecule has 62 valence electrons. The highest BCUT2D eigenvalue weighted by molar-refractivity contribution is 7.94. The van der Waals surface area contributed by atoms with Gasteiger partial charge in [0, 0.05) is 11.1 Å². The summed E-state index contributed by atoms with van der Waals surface area (Å²) in [5.41, 5.74) is 6.75. The van der Waals surface area contributed by atoms with E-state index in [1.165, 1.54) is 11.5 Å². The first-order valence-electron chi connectivity index (χ1n) is 3.42. The normalized spacial score (nSPS) is 17.7. The van der Waals surface area contributed by atoms with Crippen molar-refractivity contribution < 1.29 is 8.42 Å². The van der Waals surface area contributed by atoms with Gasteiger partial charge in [0.2, 0.25) is 0 Å². The summed E-state index contributed by atoms with van der Waals surface area (Å²) in [6.07, 6.45) is 1.56. The van der Waals surface area contributed by atoms with Crippen LogP contribution in [0.25, 0.3) is 6.08 Å². The predicted molar refractivity (Wildman–Crippen MR) is 47.1 cm³/mol. The topological polar surface area (TPSA) is 60.2 Å². The molecule has 0 radical (unpaired) electrons. The summed E-state index contributed by atoms with van der Waals surface area (Å²) in [6, 6.07) is 4.76. The Morgan fingerprint density at radius 3 is 2.75 bits per heavy atom. The Morgan fingerprint density at radius 1 is 1.25 bits per heavy atom. The maximum atomic E-state index is 11.2. The van der Waals surface area contributed by atoms with Crippen LogP contribution in [0.3, 0.4) is 0 Å². The van der Waals surface area contributed by atoms with Crippen LogP contribution in [0, 0.1) is 0 Å². The zero-order valence-electron chi connectivity index (χ0n) is 6.19. The van der Waals surface area contributed by atoms with Crippen molar-refractivity contribution in [2.75, 3.05) is 5.73 Å². The largest absolute Gasteiger partial charge is 0.399 e. The molecule has 0 aromatic heterocycles. The predicted octanol–water partition coefficient (Wildman–Crippen LogP) is 1.03. The minimum absolute atomic E-state index is 0.344. The van der Waals surface area contributed by atoms with Crippen molar-refractivity contribution >= 4 is 21.6 Å². The van der Waals surface area contributed by atoms with Crippen LogP contribution in [0.4, 0.5) is 5.69 Å². The van der Waals surface area contributed by atoms with E-state index >= 15 is 0 Å². The number of nitrogen functional groups attached to an aromatic ring is 1. The van der Waals surface area contributed by atoms with E-state index in [2.05, 4.69) is 0 Å². The first kappa shape index (κ1) is 7.36. The highest BCUT2D eigenvalue weighted by atomic mass is 32.2. The molecule has 0 aliphatic carbocycles. The van der Waals surface area contributed by atoms with Gasteiger partial charge in [-0.25, -0.2) is 8.42 Å². The summed E-state index contributed by atoms with van der Waals surface area (Å²) in [5, 5.41) is 1.19. The fourth-order valence-electron chi connectivity index (χ4n) is 1.19. The van der Waals surface area contributed by atoms with Crippen molar-refractivity contribution in [1.82, 2.24) is 0 Å². The van der Waals surface area contributed by atoms with Gasteiger partial charge in [-0.05, 0) is 29.8 Å². The summed E-state index contributed by atoms with van der Waals surface area (Å²) in [4.78, 5) is 0.344. The van der Waals surface area contributed by atoms with Crippen LogP contribution in [-0.2, 0) is 9.84 Å². The number of anilines is 1. The van der Waals surface area contributed by atoms with E-state index in [1.54, 1.807) is 18.2 Å². The molecule has 0 bridgehead atoms. The van der Waals surface area contributed by atoms with Crippen LogP contribution in [0.15, 0.2) is 28.5 Å². The minimum atomic E-state index is -3.16. The Balaban J connectivity index is 2.78. The molecule has 0 atom stereocenters. The lowest BCUT2D eigenvalue weighted by Gasteiger charge is -1.98. The lowest BCUT2D eigenvalue weighted by atomic mass is 10.2. The molecule has 0 unspecified atom stereocenters. The molecule has 0 saturated heterocycles. The number of hydrogen-bond donors (Lipinski definition) is 1. The molecule has 0 saturated carbocycles. The molecule has 0 amide bonds. The molecule has 1 aliphatic rings. The molecule has 1 aromatic rings. The summed E-state index contributed by atoms with van der Waals surface area (Å²) in [7, 11) is -3.16. The molecule has 0 fully saturated rings. The van der Waals surface area contributed by atoms with Gasteiger partial charge in [0.05, 0.1) is 4.90 Å². The lowest BCUT2D eigenvalue weighted by Crippen LogP contribution is -1.94. The van der Waals surface area contributed by atoms with Gasteiger partial charge in [-0.1, -0.05) is 0 Å². The molecule has 2 N–H and O–H groups in total. The van der Waals surface area contributed by atoms with E-state index in [-0.39, 0.29) is 0 Å². The monoisotopic (exact) mass is 181 g/mol. The van der Waals surface area contributed by atoms with Crippen LogP contribution in [0.1, 0.15) is 5.56 Å². The van der Waals surface area contributed by atoms with Crippen molar-refractivity contribution in [2.45, 2.75) is 4.90 Å². The Bertz CT molecular complexity index is 460. The maximum Gasteiger partial charge on any atom is 0.200 e. The molecular formula is C8H7NO2S. The van der Waals surface area contributed by atoms with E-state index in [1.807, 2.05) is 0 Å². The smallest absolute Gasteiger partial charge is 0.200 e. The summed E-state index contributed by atoms with van der Waals surface area (Å²) >= 11 is 0. The van der Waals surface area contributed by atoms with E-state index < -0.39 is 9.84 Å². The van der Waals surface area contributed by atoms with Crippen molar-refractivity contribution in [2.24, 2.45) is 0 Å². The van der Waals surface area contributed by atoms with Crippen molar-refractivity contribution in [3.63, 3.8) is 0 Å². The molecular weight excluding hydrogens is 174 g/mol. The average molecular weight is 181 g/mol. The fraction of sp³-hybridized carbons (Fsp3) is 0. The van der Waals surface area contributed by atoms with E-state index in [4.69, 9.17) is 5.73 Å². The molecule has 3 nitrogen and oxygen atoms in total. The standard InChI is InChI=1S/C8H7NO2S/c9-7-1-2-8-6(5-7)3-4-12(8,10)11/h1-5H,9H2. The molecule has 4 heteroatoms. The van der Waals surface area contributed by atoms with Crippen LogP contribution >= 0.6 is 0 Å². The van der Waals surface area contributed by atoms with Gasteiger partial charge < -0.3 is 5.73 Å². The molecule has 2 rings (SSSR count). The van der Waals surface area contributed by atoms with Crippen molar-refractivity contribution in [3.05, 3.63) is 29.2 Å². The van der Waals surface area contributed by atoms with Crippen molar-refractivity contribution in [3.8, 4) is 0 Å². The second-order valence-corrected chi connectivity index (χ2v) is 4.45. The van der Waals surface area contributed by atoms with Gasteiger partial charge in [0.25, 0.3) is 0 Å². The number of hydrogen-bond acceptors (Lipinski definition) is 3. The molecule has 12 heavy (non-hydrogen) atoms. The minimum Gasteiger partial charge on any atom is -0.399 e. The van der Waals surface area contributed by atoms with E-state index in [0.717, 1.165) is 0 Å². The zero-order chi connectivity index (χ0) is 8.77. The molecule has 1 heterocycles. The number of nitrogens with two attached hydrogens (primary N) is 1. The number of benzene rings is 1. The highest BCUT2D eigenvalue weighted by Crippen LogP contribution is 2.27. The SMILES string of the molecule is Nc1ccc2c(c1)C=CS2(=O)=O. The van der Waals surface area contributed by atoms with Gasteiger partial charge >= 0.3 is 0 Å². The summed E-state index contributed by atoms with van der Waals surface area (Å²) in [6.45, 7) is 0. The summed E-state index contributed by atoms with van der Waals surface area (Å²) < 4.78 is 22.5. The molecule has 1 aromatic carbocycles. The van der Waals surface area contributed by atoms with Gasteiger partial charge in [-0.3, -0.25) is 0 Å². The van der Waals surface area contributed by atoms with E-state index in [0.29, 0.717) is 16.1 Å². The van der Waals surface area contributed by atoms with Crippen LogP contribution in [0.2, 0.25) is 0 Å². The maximum absolute atomic E-state index is 11.2. The first-order chi connectivity index (χ1) is 5.59. The second-order valence-electron chi connectivity index (χ2n) is 2.65. The third-order valence-electron chi connectivity index (χ3n) is 1.77. The third-order valence-corrected chi connectivity index (χ3v) is 3.25. The van der Waals surface area contributed by atoms with Crippen LogP contribution < -0.4 is 5.73 Å². The third kappa shape index (κ3) is 0.921. The van der Waals surface area contributed by atoms with Gasteiger partial charge in [-0.2, -0.15) is 0 Å². The Morgan fingerprint density at radius 2 is 2.00 bits per heavy atom. The quantitative estimate of drug-likeness (QED) is 0.608. The Kier molecular flexibility index (Phi) is 1.29. The number of fused-ring (bicyclic) bond motifs is 1. The second kappa shape index (κ2) is 2.10. The highest BCUT2D eigenvalue weighted by Gasteiger charge is 2.19. The lowest BCUT2D eigenvalue weighted by molar-refractivity contribution is 0.605. The van der Waals surface area contributed by atoms with Crippen LogP contribution in [0.5, 0.6) is 0 Å². The Hall–Kier alpha value is -1.29. The van der Waals surface area contributed by atoms with Gasteiger partial charge in [-0.15, -0.1) is 0 Å². The van der Waals surface area contributed by atoms with Crippen LogP contribution in [-0.4, -0.2) is 8.42 Å². The zero-order valence-corrected chi connectivity index (χ0v) is 7.01. The number of sulfone groups is 1. The Labute approximate surface area is 70.4 Å². The number of rotatable bonds is 0. The molecule has 1 aliphatic heterocycles. The van der Waals surface area contributed by atoms with Crippen molar-refractivity contribution in [1.29, 1.82) is 0 Å². The average Bonchev–Trinajstić information content (AvgIpc) is 2.27. The van der Waals surface area contributed by atoms with Gasteiger partial charge in [0.1, 0.15) is 0 Å². The fourth-order valence-corrected chi connectivity index (χ4v) is 2.38. The molecule has 0 spiro atoms. The first-order valence-corrected chi connectivity index (χ1v) is 4.97. The van der Waals surface area contributed by atoms with E-state index in [9.17, 15) is 8.42 Å².